The monoisotopic (exact) mass is 296 g/mol. The number of aryl methyl sites for hydroxylation is 1. The first-order valence-corrected chi connectivity index (χ1v) is 6.99. The molecule has 0 fully saturated rings. The minimum absolute atomic E-state index is 0.0241. The Kier molecular flexibility index (Phi) is 6.29. The Morgan fingerprint density at radius 2 is 1.90 bits per heavy atom. The van der Waals surface area contributed by atoms with Crippen molar-refractivity contribution in [1.29, 1.82) is 0 Å². The Bertz CT molecular complexity index is 492. The van der Waals surface area contributed by atoms with Gasteiger partial charge >= 0.3 is 5.69 Å². The summed E-state index contributed by atoms with van der Waals surface area (Å²) in [6, 6.07) is 0. The predicted octanol–water partition coefficient (Wildman–Crippen LogP) is 1.51. The van der Waals surface area contributed by atoms with Crippen LogP contribution in [0.3, 0.4) is 0 Å². The summed E-state index contributed by atoms with van der Waals surface area (Å²) >= 11 is 0. The summed E-state index contributed by atoms with van der Waals surface area (Å²) in [5.41, 5.74) is 0.351. The average Bonchev–Trinajstić information content (AvgIpc) is 2.37. The fraction of sp³-hybridized carbons (Fsp3) is 0.692. The topological polar surface area (TPSA) is 87.4 Å². The summed E-state index contributed by atoms with van der Waals surface area (Å²) in [4.78, 5) is 23.2. The molecule has 0 bridgehead atoms. The van der Waals surface area contributed by atoms with Gasteiger partial charge in [0.2, 0.25) is 11.8 Å². The van der Waals surface area contributed by atoms with E-state index in [1.54, 1.807) is 6.92 Å². The van der Waals surface area contributed by atoms with Crippen LogP contribution in [0.15, 0.2) is 0 Å². The van der Waals surface area contributed by atoms with E-state index in [2.05, 4.69) is 20.2 Å². The number of nitrogens with one attached hydrogen (secondary N) is 1. The first-order valence-electron chi connectivity index (χ1n) is 6.99. The molecule has 0 aliphatic heterocycles. The molecule has 1 rings (SSSR count). The SMILES string of the molecule is CCNc1nc(C)c([N+](=O)[O-])c(N(C)CCCN(C)C)n1. The van der Waals surface area contributed by atoms with Crippen molar-refractivity contribution in [1.82, 2.24) is 14.9 Å². The van der Waals surface area contributed by atoms with Crippen LogP contribution in [0.5, 0.6) is 0 Å². The zero-order chi connectivity index (χ0) is 16.0. The Hall–Kier alpha value is -1.96. The fourth-order valence-electron chi connectivity index (χ4n) is 2.00. The van der Waals surface area contributed by atoms with Gasteiger partial charge in [-0.3, -0.25) is 10.1 Å². The van der Waals surface area contributed by atoms with Gasteiger partial charge in [-0.2, -0.15) is 4.98 Å². The number of nitrogens with zero attached hydrogens (tertiary/aromatic N) is 5. The lowest BCUT2D eigenvalue weighted by molar-refractivity contribution is -0.385. The van der Waals surface area contributed by atoms with Gasteiger partial charge in [0.25, 0.3) is 0 Å². The molecule has 0 saturated heterocycles. The molecule has 0 radical (unpaired) electrons. The molecule has 0 spiro atoms. The van der Waals surface area contributed by atoms with Gasteiger partial charge in [-0.25, -0.2) is 4.98 Å². The lowest BCUT2D eigenvalue weighted by Crippen LogP contribution is -2.25. The van der Waals surface area contributed by atoms with Crippen LogP contribution in [0.4, 0.5) is 17.5 Å². The van der Waals surface area contributed by atoms with Gasteiger partial charge < -0.3 is 15.1 Å². The van der Waals surface area contributed by atoms with E-state index in [1.165, 1.54) is 0 Å². The third-order valence-corrected chi connectivity index (χ3v) is 3.02. The van der Waals surface area contributed by atoms with Gasteiger partial charge in [-0.05, 0) is 40.9 Å². The quantitative estimate of drug-likeness (QED) is 0.574. The molecule has 0 saturated carbocycles. The van der Waals surface area contributed by atoms with Crippen LogP contribution in [-0.2, 0) is 0 Å². The molecule has 0 atom stereocenters. The van der Waals surface area contributed by atoms with Crippen molar-refractivity contribution in [3.05, 3.63) is 15.8 Å². The van der Waals surface area contributed by atoms with E-state index in [-0.39, 0.29) is 5.69 Å². The molecule has 8 heteroatoms. The molecule has 0 aliphatic rings. The highest BCUT2D eigenvalue weighted by Crippen LogP contribution is 2.29. The predicted molar refractivity (Wildman–Crippen MR) is 84.0 cm³/mol. The number of hydrogen-bond acceptors (Lipinski definition) is 7. The molecule has 8 nitrogen and oxygen atoms in total. The lowest BCUT2D eigenvalue weighted by atomic mass is 10.3. The van der Waals surface area contributed by atoms with E-state index in [0.717, 1.165) is 13.0 Å². The molecule has 1 aromatic rings. The van der Waals surface area contributed by atoms with Crippen LogP contribution in [0, 0.1) is 17.0 Å². The fourth-order valence-corrected chi connectivity index (χ4v) is 2.00. The van der Waals surface area contributed by atoms with Gasteiger partial charge in [0.15, 0.2) is 0 Å². The Morgan fingerprint density at radius 3 is 2.43 bits per heavy atom. The second-order valence-electron chi connectivity index (χ2n) is 5.17. The van der Waals surface area contributed by atoms with Gasteiger partial charge in [-0.1, -0.05) is 0 Å². The van der Waals surface area contributed by atoms with E-state index in [1.807, 2.05) is 33.0 Å². The molecular formula is C13H24N6O2. The molecular weight excluding hydrogens is 272 g/mol. The van der Waals surface area contributed by atoms with E-state index in [9.17, 15) is 10.1 Å². The van der Waals surface area contributed by atoms with Gasteiger partial charge in [0, 0.05) is 20.1 Å². The standard InChI is InChI=1S/C13H24N6O2/c1-6-14-13-15-10(2)11(19(20)21)12(16-13)18(5)9-7-8-17(3)4/h6-9H2,1-5H3,(H,14,15,16). The second-order valence-corrected chi connectivity index (χ2v) is 5.17. The minimum atomic E-state index is -0.414. The summed E-state index contributed by atoms with van der Waals surface area (Å²) in [7, 11) is 5.82. The van der Waals surface area contributed by atoms with E-state index >= 15 is 0 Å². The van der Waals surface area contributed by atoms with Crippen LogP contribution in [0.1, 0.15) is 19.0 Å². The summed E-state index contributed by atoms with van der Waals surface area (Å²) in [6.07, 6.45) is 0.903. The molecule has 0 unspecified atom stereocenters. The highest BCUT2D eigenvalue weighted by Gasteiger charge is 2.24. The molecule has 0 amide bonds. The maximum absolute atomic E-state index is 11.3. The van der Waals surface area contributed by atoms with Gasteiger partial charge in [0.05, 0.1) is 4.92 Å². The maximum atomic E-state index is 11.3. The second kappa shape index (κ2) is 7.72. The molecule has 118 valence electrons. The first-order chi connectivity index (χ1) is 9.86. The largest absolute Gasteiger partial charge is 0.354 e. The van der Waals surface area contributed by atoms with E-state index in [4.69, 9.17) is 0 Å². The zero-order valence-electron chi connectivity index (χ0n) is 13.4. The summed E-state index contributed by atoms with van der Waals surface area (Å²) in [6.45, 7) is 5.85. The molecule has 1 heterocycles. The molecule has 1 aromatic heterocycles. The van der Waals surface area contributed by atoms with Crippen LogP contribution in [0.2, 0.25) is 0 Å². The van der Waals surface area contributed by atoms with Crippen molar-refractivity contribution in [3.8, 4) is 0 Å². The summed E-state index contributed by atoms with van der Waals surface area (Å²) in [5.74, 6) is 0.789. The van der Waals surface area contributed by atoms with E-state index in [0.29, 0.717) is 30.5 Å². The Balaban J connectivity index is 3.03. The average molecular weight is 296 g/mol. The maximum Gasteiger partial charge on any atom is 0.332 e. The number of anilines is 2. The van der Waals surface area contributed by atoms with Crippen molar-refractivity contribution in [3.63, 3.8) is 0 Å². The molecule has 0 aliphatic carbocycles. The minimum Gasteiger partial charge on any atom is -0.354 e. The van der Waals surface area contributed by atoms with Crippen LogP contribution >= 0.6 is 0 Å². The summed E-state index contributed by atoms with van der Waals surface area (Å²) in [5, 5.41) is 14.3. The number of rotatable bonds is 8. The smallest absolute Gasteiger partial charge is 0.332 e. The van der Waals surface area contributed by atoms with Crippen LogP contribution in [-0.4, -0.2) is 60.6 Å². The molecule has 0 aromatic carbocycles. The van der Waals surface area contributed by atoms with Crippen molar-refractivity contribution in [2.45, 2.75) is 20.3 Å². The van der Waals surface area contributed by atoms with Crippen molar-refractivity contribution in [2.24, 2.45) is 0 Å². The molecule has 21 heavy (non-hydrogen) atoms. The van der Waals surface area contributed by atoms with Gasteiger partial charge in [0.1, 0.15) is 5.69 Å². The Labute approximate surface area is 125 Å². The highest BCUT2D eigenvalue weighted by atomic mass is 16.6. The number of hydrogen-bond donors (Lipinski definition) is 1. The zero-order valence-corrected chi connectivity index (χ0v) is 13.4. The number of nitro groups is 1. The Morgan fingerprint density at radius 1 is 1.24 bits per heavy atom. The normalized spacial score (nSPS) is 10.8. The first kappa shape index (κ1) is 17.1. The van der Waals surface area contributed by atoms with Crippen molar-refractivity contribution in [2.75, 3.05) is 51.0 Å². The third kappa shape index (κ3) is 4.82. The number of aromatic nitrogens is 2. The van der Waals surface area contributed by atoms with Crippen molar-refractivity contribution >= 4 is 17.5 Å². The summed E-state index contributed by atoms with van der Waals surface area (Å²) < 4.78 is 0. The molecule has 1 N–H and O–H groups in total. The third-order valence-electron chi connectivity index (χ3n) is 3.02. The highest BCUT2D eigenvalue weighted by molar-refractivity contribution is 5.62. The van der Waals surface area contributed by atoms with Gasteiger partial charge in [-0.15, -0.1) is 0 Å². The van der Waals surface area contributed by atoms with Crippen LogP contribution < -0.4 is 10.2 Å². The van der Waals surface area contributed by atoms with Crippen LogP contribution in [0.25, 0.3) is 0 Å². The van der Waals surface area contributed by atoms with E-state index < -0.39 is 4.92 Å². The lowest BCUT2D eigenvalue weighted by Gasteiger charge is -2.20. The van der Waals surface area contributed by atoms with Crippen molar-refractivity contribution < 1.29 is 4.92 Å².